The van der Waals surface area contributed by atoms with Crippen LogP contribution in [0.2, 0.25) is 0 Å². The Morgan fingerprint density at radius 3 is 2.89 bits per heavy atom. The Labute approximate surface area is 120 Å². The standard InChI is InChI=1S/C13H14BrNO3S/c1-19(17,18)15-12(16)11-7-13(11)5-4-8-6-9(14)2-3-10(8)13/h2-3,6,11H,4-5,7H2,1H3,(H,15,16). The molecular formula is C13H14BrNO3S. The van der Waals surface area contributed by atoms with Gasteiger partial charge in [-0.3, -0.25) is 9.52 Å². The average molecular weight is 344 g/mol. The number of benzene rings is 1. The zero-order chi connectivity index (χ0) is 13.8. The summed E-state index contributed by atoms with van der Waals surface area (Å²) < 4.78 is 25.4. The molecular weight excluding hydrogens is 330 g/mol. The van der Waals surface area contributed by atoms with Crippen molar-refractivity contribution in [1.82, 2.24) is 4.72 Å². The second-order valence-electron chi connectivity index (χ2n) is 5.45. The zero-order valence-corrected chi connectivity index (χ0v) is 12.8. The fraction of sp³-hybridized carbons (Fsp3) is 0.462. The predicted molar refractivity (Wildman–Crippen MR) is 75.2 cm³/mol. The Hall–Kier alpha value is -0.880. The summed E-state index contributed by atoms with van der Waals surface area (Å²) in [6, 6.07) is 6.13. The highest BCUT2D eigenvalue weighted by Crippen LogP contribution is 2.61. The normalized spacial score (nSPS) is 28.2. The molecule has 1 aromatic rings. The first kappa shape index (κ1) is 13.1. The quantitative estimate of drug-likeness (QED) is 0.889. The lowest BCUT2D eigenvalue weighted by Gasteiger charge is -2.11. The third-order valence-corrected chi connectivity index (χ3v) is 5.19. The number of amides is 1. The number of nitrogens with one attached hydrogen (secondary N) is 1. The molecule has 102 valence electrons. The Morgan fingerprint density at radius 1 is 1.47 bits per heavy atom. The fourth-order valence-corrected chi connectivity index (χ4v) is 4.14. The summed E-state index contributed by atoms with van der Waals surface area (Å²) in [5.74, 6) is -0.567. The van der Waals surface area contributed by atoms with Gasteiger partial charge in [0.25, 0.3) is 0 Å². The molecule has 1 N–H and O–H groups in total. The molecule has 0 heterocycles. The maximum absolute atomic E-state index is 12.0. The van der Waals surface area contributed by atoms with Crippen molar-refractivity contribution in [2.75, 3.05) is 6.26 Å². The summed E-state index contributed by atoms with van der Waals surface area (Å²) in [7, 11) is -3.47. The summed E-state index contributed by atoms with van der Waals surface area (Å²) in [6.07, 6.45) is 3.65. The topological polar surface area (TPSA) is 63.2 Å². The van der Waals surface area contributed by atoms with Crippen molar-refractivity contribution in [2.24, 2.45) is 5.92 Å². The van der Waals surface area contributed by atoms with E-state index < -0.39 is 10.0 Å². The lowest BCUT2D eigenvalue weighted by atomic mass is 9.95. The number of hydrogen-bond acceptors (Lipinski definition) is 3. The van der Waals surface area contributed by atoms with E-state index in [4.69, 9.17) is 0 Å². The van der Waals surface area contributed by atoms with E-state index in [2.05, 4.69) is 32.8 Å². The smallest absolute Gasteiger partial charge is 0.237 e. The van der Waals surface area contributed by atoms with Crippen molar-refractivity contribution in [3.05, 3.63) is 33.8 Å². The molecule has 6 heteroatoms. The Balaban J connectivity index is 1.86. The van der Waals surface area contributed by atoms with Crippen LogP contribution in [0.25, 0.3) is 0 Å². The number of carbonyl (C=O) groups is 1. The monoisotopic (exact) mass is 343 g/mol. The first-order valence-corrected chi connectivity index (χ1v) is 8.81. The number of rotatable bonds is 2. The molecule has 2 atom stereocenters. The number of sulfonamides is 1. The number of halogens is 1. The predicted octanol–water partition coefficient (Wildman–Crippen LogP) is 1.73. The summed E-state index contributed by atoms with van der Waals surface area (Å²) >= 11 is 3.45. The molecule has 0 aromatic heterocycles. The second kappa shape index (κ2) is 4.06. The lowest BCUT2D eigenvalue weighted by molar-refractivity contribution is -0.120. The molecule has 3 rings (SSSR count). The Morgan fingerprint density at radius 2 is 2.21 bits per heavy atom. The van der Waals surface area contributed by atoms with E-state index in [9.17, 15) is 13.2 Å². The van der Waals surface area contributed by atoms with Crippen molar-refractivity contribution >= 4 is 31.9 Å². The van der Waals surface area contributed by atoms with Gasteiger partial charge < -0.3 is 0 Å². The van der Waals surface area contributed by atoms with Crippen LogP contribution in [-0.4, -0.2) is 20.6 Å². The first-order valence-electron chi connectivity index (χ1n) is 6.12. The minimum absolute atomic E-state index is 0.120. The van der Waals surface area contributed by atoms with Gasteiger partial charge in [0.15, 0.2) is 0 Å². The highest BCUT2D eigenvalue weighted by Gasteiger charge is 2.61. The molecule has 2 aliphatic carbocycles. The van der Waals surface area contributed by atoms with Crippen molar-refractivity contribution in [2.45, 2.75) is 24.7 Å². The van der Waals surface area contributed by atoms with Gasteiger partial charge in [-0.25, -0.2) is 8.42 Å². The van der Waals surface area contributed by atoms with Crippen LogP contribution >= 0.6 is 15.9 Å². The van der Waals surface area contributed by atoms with Gasteiger partial charge in [0.1, 0.15) is 0 Å². The molecule has 2 aliphatic rings. The van der Waals surface area contributed by atoms with Crippen LogP contribution in [-0.2, 0) is 26.7 Å². The van der Waals surface area contributed by atoms with Crippen LogP contribution in [0.3, 0.4) is 0 Å². The second-order valence-corrected chi connectivity index (χ2v) is 8.12. The summed E-state index contributed by atoms with van der Waals surface area (Å²) in [5.41, 5.74) is 2.36. The van der Waals surface area contributed by atoms with Gasteiger partial charge in [-0.2, -0.15) is 0 Å². The molecule has 1 amide bonds. The summed E-state index contributed by atoms with van der Waals surface area (Å²) in [6.45, 7) is 0. The van der Waals surface area contributed by atoms with Gasteiger partial charge in [-0.05, 0) is 42.5 Å². The van der Waals surface area contributed by atoms with Gasteiger partial charge in [0, 0.05) is 15.8 Å². The highest BCUT2D eigenvalue weighted by atomic mass is 79.9. The summed E-state index contributed by atoms with van der Waals surface area (Å²) in [4.78, 5) is 12.0. The van der Waals surface area contributed by atoms with Gasteiger partial charge in [-0.15, -0.1) is 0 Å². The molecule has 1 aromatic carbocycles. The molecule has 0 radical (unpaired) electrons. The van der Waals surface area contributed by atoms with Crippen molar-refractivity contribution < 1.29 is 13.2 Å². The van der Waals surface area contributed by atoms with Crippen molar-refractivity contribution in [1.29, 1.82) is 0 Å². The number of fused-ring (bicyclic) bond motifs is 2. The van der Waals surface area contributed by atoms with Gasteiger partial charge >= 0.3 is 0 Å². The van der Waals surface area contributed by atoms with E-state index in [0.717, 1.165) is 30.0 Å². The van der Waals surface area contributed by atoms with Gasteiger partial charge in [-0.1, -0.05) is 22.0 Å². The molecule has 0 bridgehead atoms. The van der Waals surface area contributed by atoms with E-state index in [1.807, 2.05) is 6.07 Å². The van der Waals surface area contributed by atoms with Crippen molar-refractivity contribution in [3.63, 3.8) is 0 Å². The first-order chi connectivity index (χ1) is 8.82. The molecule has 0 aliphatic heterocycles. The van der Waals surface area contributed by atoms with Gasteiger partial charge in [0.2, 0.25) is 15.9 Å². The van der Waals surface area contributed by atoms with Crippen LogP contribution in [0.4, 0.5) is 0 Å². The molecule has 19 heavy (non-hydrogen) atoms. The molecule has 1 spiro atoms. The average Bonchev–Trinajstić information content (AvgIpc) is 2.89. The SMILES string of the molecule is CS(=O)(=O)NC(=O)C1CC12CCc1cc(Br)ccc12. The lowest BCUT2D eigenvalue weighted by Crippen LogP contribution is -2.32. The summed E-state index contributed by atoms with van der Waals surface area (Å²) in [5, 5.41) is 0. The Kier molecular flexibility index (Phi) is 2.80. The van der Waals surface area contributed by atoms with E-state index >= 15 is 0 Å². The van der Waals surface area contributed by atoms with E-state index in [1.54, 1.807) is 0 Å². The number of carbonyl (C=O) groups excluding carboxylic acids is 1. The number of hydrogen-bond donors (Lipinski definition) is 1. The number of aryl methyl sites for hydroxylation is 1. The van der Waals surface area contributed by atoms with Crippen LogP contribution in [0.5, 0.6) is 0 Å². The van der Waals surface area contributed by atoms with Crippen LogP contribution in [0, 0.1) is 5.92 Å². The maximum Gasteiger partial charge on any atom is 0.237 e. The molecule has 1 fully saturated rings. The fourth-order valence-electron chi connectivity index (χ4n) is 3.22. The zero-order valence-electron chi connectivity index (χ0n) is 10.4. The van der Waals surface area contributed by atoms with Crippen LogP contribution in [0.15, 0.2) is 22.7 Å². The maximum atomic E-state index is 12.0. The van der Waals surface area contributed by atoms with Crippen LogP contribution in [0.1, 0.15) is 24.0 Å². The van der Waals surface area contributed by atoms with E-state index in [1.165, 1.54) is 11.1 Å². The Bertz CT molecular complexity index is 670. The minimum atomic E-state index is -3.47. The molecule has 4 nitrogen and oxygen atoms in total. The van der Waals surface area contributed by atoms with E-state index in [-0.39, 0.29) is 17.2 Å². The van der Waals surface area contributed by atoms with Crippen LogP contribution < -0.4 is 4.72 Å². The highest BCUT2D eigenvalue weighted by molar-refractivity contribution is 9.10. The minimum Gasteiger partial charge on any atom is -0.274 e. The molecule has 2 unspecified atom stereocenters. The molecule has 0 saturated heterocycles. The van der Waals surface area contributed by atoms with Crippen molar-refractivity contribution in [3.8, 4) is 0 Å². The van der Waals surface area contributed by atoms with Gasteiger partial charge in [0.05, 0.1) is 6.26 Å². The molecule has 1 saturated carbocycles. The third-order valence-electron chi connectivity index (χ3n) is 4.12. The van der Waals surface area contributed by atoms with E-state index in [0.29, 0.717) is 0 Å². The third kappa shape index (κ3) is 2.21. The largest absolute Gasteiger partial charge is 0.274 e.